The Morgan fingerprint density at radius 2 is 1.21 bits per heavy atom. The van der Waals surface area contributed by atoms with E-state index in [-0.39, 0.29) is 5.78 Å². The van der Waals surface area contributed by atoms with Crippen LogP contribution in [0.3, 0.4) is 0 Å². The van der Waals surface area contributed by atoms with Gasteiger partial charge in [-0.25, -0.2) is 0 Å². The van der Waals surface area contributed by atoms with Crippen LogP contribution in [0.25, 0.3) is 21.5 Å². The van der Waals surface area contributed by atoms with E-state index in [2.05, 4.69) is 54.6 Å². The summed E-state index contributed by atoms with van der Waals surface area (Å²) in [7, 11) is 0. The molecule has 1 nitrogen and oxygen atoms in total. The van der Waals surface area contributed by atoms with Gasteiger partial charge in [0, 0.05) is 12.0 Å². The highest BCUT2D eigenvalue weighted by molar-refractivity contribution is 6.03. The van der Waals surface area contributed by atoms with Crippen LogP contribution in [0, 0.1) is 0 Å². The van der Waals surface area contributed by atoms with Crippen molar-refractivity contribution in [3.8, 4) is 0 Å². The van der Waals surface area contributed by atoms with E-state index in [0.29, 0.717) is 6.42 Å². The second-order valence-electron chi connectivity index (χ2n) is 6.09. The minimum Gasteiger partial charge on any atom is -0.294 e. The fourth-order valence-electron chi connectivity index (χ4n) is 3.38. The van der Waals surface area contributed by atoms with Crippen molar-refractivity contribution in [1.29, 1.82) is 0 Å². The summed E-state index contributed by atoms with van der Waals surface area (Å²) in [6.07, 6.45) is 1.29. The van der Waals surface area contributed by atoms with Gasteiger partial charge in [-0.2, -0.15) is 0 Å². The van der Waals surface area contributed by atoms with E-state index in [1.54, 1.807) is 0 Å². The number of hydrogen-bond acceptors (Lipinski definition) is 1. The van der Waals surface area contributed by atoms with Crippen LogP contribution < -0.4 is 0 Å². The molecule has 0 saturated heterocycles. The van der Waals surface area contributed by atoms with Crippen LogP contribution in [-0.4, -0.2) is 5.78 Å². The van der Waals surface area contributed by atoms with Gasteiger partial charge in [0.05, 0.1) is 0 Å². The van der Waals surface area contributed by atoms with Crippen molar-refractivity contribution < 1.29 is 4.79 Å². The molecule has 0 aromatic heterocycles. The highest BCUT2D eigenvalue weighted by Gasteiger charge is 2.10. The average molecular weight is 310 g/mol. The molecule has 0 heterocycles. The minimum atomic E-state index is 0.201. The summed E-state index contributed by atoms with van der Waals surface area (Å²) in [5.41, 5.74) is 2.06. The zero-order valence-corrected chi connectivity index (χ0v) is 13.4. The van der Waals surface area contributed by atoms with Crippen molar-refractivity contribution in [2.75, 3.05) is 0 Å². The highest BCUT2D eigenvalue weighted by atomic mass is 16.1. The van der Waals surface area contributed by atoms with Crippen LogP contribution in [0.4, 0.5) is 0 Å². The van der Waals surface area contributed by atoms with Crippen molar-refractivity contribution >= 4 is 27.3 Å². The van der Waals surface area contributed by atoms with Gasteiger partial charge in [-0.05, 0) is 39.6 Å². The maximum absolute atomic E-state index is 12.5. The molecule has 1 heteroatoms. The molecule has 0 atom stereocenters. The predicted octanol–water partition coefficient (Wildman–Crippen LogP) is 5.81. The summed E-state index contributed by atoms with van der Waals surface area (Å²) < 4.78 is 0. The lowest BCUT2D eigenvalue weighted by atomic mass is 9.92. The van der Waals surface area contributed by atoms with Crippen molar-refractivity contribution in [2.45, 2.75) is 12.8 Å². The molecule has 0 spiro atoms. The zero-order chi connectivity index (χ0) is 16.4. The van der Waals surface area contributed by atoms with Crippen molar-refractivity contribution in [2.24, 2.45) is 0 Å². The number of rotatable bonds is 4. The fraction of sp³-hybridized carbons (Fsp3) is 0.0870. The quantitative estimate of drug-likeness (QED) is 0.343. The van der Waals surface area contributed by atoms with Crippen LogP contribution in [0.2, 0.25) is 0 Å². The maximum Gasteiger partial charge on any atom is 0.163 e. The summed E-state index contributed by atoms with van der Waals surface area (Å²) in [5.74, 6) is 0.201. The van der Waals surface area contributed by atoms with Crippen LogP contribution in [0.15, 0.2) is 84.9 Å². The summed E-state index contributed by atoms with van der Waals surface area (Å²) in [4.78, 5) is 12.5. The SMILES string of the molecule is O=C(CCc1c2ccccc2cc2ccccc12)c1ccccc1. The standard InChI is InChI=1S/C23H18O/c24-23(17-8-2-1-3-9-17)15-14-22-20-12-6-4-10-18(20)16-19-11-5-7-13-21(19)22/h1-13,16H,14-15H2. The molecular formula is C23H18O. The molecule has 0 aliphatic heterocycles. The van der Waals surface area contributed by atoms with Crippen LogP contribution in [0.1, 0.15) is 22.3 Å². The third-order valence-corrected chi connectivity index (χ3v) is 4.58. The lowest BCUT2D eigenvalue weighted by molar-refractivity contribution is 0.0983. The van der Waals surface area contributed by atoms with E-state index in [9.17, 15) is 4.79 Å². The Bertz CT molecular complexity index is 962. The van der Waals surface area contributed by atoms with E-state index in [1.165, 1.54) is 27.1 Å². The monoisotopic (exact) mass is 310 g/mol. The van der Waals surface area contributed by atoms with Gasteiger partial charge in [0.1, 0.15) is 0 Å². The first-order valence-electron chi connectivity index (χ1n) is 8.30. The predicted molar refractivity (Wildman–Crippen MR) is 101 cm³/mol. The molecule has 0 aliphatic rings. The smallest absolute Gasteiger partial charge is 0.163 e. The molecule has 0 bridgehead atoms. The van der Waals surface area contributed by atoms with Gasteiger partial charge in [0.2, 0.25) is 0 Å². The molecule has 4 aromatic carbocycles. The molecule has 0 amide bonds. The Labute approximate surface area is 141 Å². The van der Waals surface area contributed by atoms with E-state index in [1.807, 2.05) is 30.3 Å². The summed E-state index contributed by atoms with van der Waals surface area (Å²) in [6.45, 7) is 0. The molecule has 0 aliphatic carbocycles. The fourth-order valence-corrected chi connectivity index (χ4v) is 3.38. The number of Topliss-reactive ketones (excluding diaryl/α,β-unsaturated/α-hetero) is 1. The minimum absolute atomic E-state index is 0.201. The largest absolute Gasteiger partial charge is 0.294 e. The average Bonchev–Trinajstić information content (AvgIpc) is 2.65. The lowest BCUT2D eigenvalue weighted by Crippen LogP contribution is -2.01. The third-order valence-electron chi connectivity index (χ3n) is 4.58. The topological polar surface area (TPSA) is 17.1 Å². The van der Waals surface area contributed by atoms with Crippen LogP contribution in [0.5, 0.6) is 0 Å². The Balaban J connectivity index is 1.75. The molecule has 0 N–H and O–H groups in total. The molecule has 4 rings (SSSR count). The first-order chi connectivity index (χ1) is 11.8. The lowest BCUT2D eigenvalue weighted by Gasteiger charge is -2.11. The van der Waals surface area contributed by atoms with E-state index < -0.39 is 0 Å². The van der Waals surface area contributed by atoms with Gasteiger partial charge in [0.25, 0.3) is 0 Å². The molecule has 0 radical (unpaired) electrons. The molecular weight excluding hydrogens is 292 g/mol. The second-order valence-corrected chi connectivity index (χ2v) is 6.09. The molecule has 0 saturated carbocycles. The van der Waals surface area contributed by atoms with Gasteiger partial charge in [-0.1, -0.05) is 78.9 Å². The Morgan fingerprint density at radius 3 is 1.83 bits per heavy atom. The second kappa shape index (κ2) is 6.29. The Hall–Kier alpha value is -2.93. The van der Waals surface area contributed by atoms with Gasteiger partial charge < -0.3 is 0 Å². The molecule has 24 heavy (non-hydrogen) atoms. The maximum atomic E-state index is 12.5. The number of aryl methyl sites for hydroxylation is 1. The van der Waals surface area contributed by atoms with Crippen molar-refractivity contribution in [1.82, 2.24) is 0 Å². The first kappa shape index (κ1) is 14.6. The number of carbonyl (C=O) groups is 1. The molecule has 0 unspecified atom stereocenters. The van der Waals surface area contributed by atoms with E-state index >= 15 is 0 Å². The van der Waals surface area contributed by atoms with Crippen molar-refractivity contribution in [3.63, 3.8) is 0 Å². The zero-order valence-electron chi connectivity index (χ0n) is 13.4. The summed E-state index contributed by atoms with van der Waals surface area (Å²) >= 11 is 0. The van der Waals surface area contributed by atoms with Gasteiger partial charge in [0.15, 0.2) is 5.78 Å². The van der Waals surface area contributed by atoms with Crippen molar-refractivity contribution in [3.05, 3.63) is 96.1 Å². The molecule has 0 fully saturated rings. The Kier molecular flexibility index (Phi) is 3.84. The van der Waals surface area contributed by atoms with Gasteiger partial charge >= 0.3 is 0 Å². The number of carbonyl (C=O) groups excluding carboxylic acids is 1. The number of benzene rings is 4. The molecule has 4 aromatic rings. The number of hydrogen-bond donors (Lipinski definition) is 0. The van der Waals surface area contributed by atoms with Crippen LogP contribution >= 0.6 is 0 Å². The summed E-state index contributed by atoms with van der Waals surface area (Å²) in [5, 5.41) is 4.96. The van der Waals surface area contributed by atoms with Gasteiger partial charge in [-0.3, -0.25) is 4.79 Å². The van der Waals surface area contributed by atoms with Crippen LogP contribution in [-0.2, 0) is 6.42 Å². The van der Waals surface area contributed by atoms with E-state index in [0.717, 1.165) is 12.0 Å². The molecule has 116 valence electrons. The normalized spacial score (nSPS) is 11.0. The highest BCUT2D eigenvalue weighted by Crippen LogP contribution is 2.29. The number of fused-ring (bicyclic) bond motifs is 2. The Morgan fingerprint density at radius 1 is 0.667 bits per heavy atom. The third kappa shape index (κ3) is 2.69. The first-order valence-corrected chi connectivity index (χ1v) is 8.30. The number of ketones is 1. The van der Waals surface area contributed by atoms with E-state index in [4.69, 9.17) is 0 Å². The summed E-state index contributed by atoms with van der Waals surface area (Å²) in [6, 6.07) is 28.7. The van der Waals surface area contributed by atoms with Gasteiger partial charge in [-0.15, -0.1) is 0 Å².